The molecule has 1 saturated heterocycles. The third kappa shape index (κ3) is 2.89. The van der Waals surface area contributed by atoms with Crippen molar-refractivity contribution in [1.29, 1.82) is 0 Å². The van der Waals surface area contributed by atoms with E-state index in [1.807, 2.05) is 13.8 Å². The second kappa shape index (κ2) is 6.07. The summed E-state index contributed by atoms with van der Waals surface area (Å²) in [6, 6.07) is 4.31. The first-order valence-electron chi connectivity index (χ1n) is 7.95. The zero-order valence-electron chi connectivity index (χ0n) is 13.6. The largest absolute Gasteiger partial charge is 0.350 e. The lowest BCUT2D eigenvalue weighted by Crippen LogP contribution is -2.52. The van der Waals surface area contributed by atoms with E-state index in [4.69, 9.17) is 0 Å². The molecule has 1 aromatic rings. The van der Waals surface area contributed by atoms with Gasteiger partial charge in [0.05, 0.1) is 0 Å². The molecule has 1 fully saturated rings. The number of amides is 4. The van der Waals surface area contributed by atoms with Crippen LogP contribution in [0.2, 0.25) is 0 Å². The van der Waals surface area contributed by atoms with Crippen LogP contribution >= 0.6 is 0 Å². The molecule has 0 bridgehead atoms. The van der Waals surface area contributed by atoms with E-state index in [0.29, 0.717) is 17.5 Å². The summed E-state index contributed by atoms with van der Waals surface area (Å²) in [6.45, 7) is 4.02. The lowest BCUT2D eigenvalue weighted by atomic mass is 10.0. The van der Waals surface area contributed by atoms with Crippen molar-refractivity contribution in [2.24, 2.45) is 0 Å². The van der Waals surface area contributed by atoms with E-state index in [1.165, 1.54) is 4.90 Å². The van der Waals surface area contributed by atoms with Crippen LogP contribution in [-0.4, -0.2) is 40.6 Å². The molecule has 7 heteroatoms. The van der Waals surface area contributed by atoms with E-state index in [-0.39, 0.29) is 36.7 Å². The topological polar surface area (TPSA) is 95.6 Å². The molecular formula is C17H19N3O4. The number of imide groups is 1. The average Bonchev–Trinajstić information content (AvgIpc) is 2.83. The van der Waals surface area contributed by atoms with Crippen molar-refractivity contribution < 1.29 is 19.2 Å². The molecule has 1 atom stereocenters. The molecule has 1 unspecified atom stereocenters. The molecule has 2 aliphatic rings. The Morgan fingerprint density at radius 2 is 2.04 bits per heavy atom. The molecule has 2 aliphatic heterocycles. The first-order chi connectivity index (χ1) is 11.4. The predicted octanol–water partition coefficient (Wildman–Crippen LogP) is 0.586. The highest BCUT2D eigenvalue weighted by molar-refractivity contribution is 6.06. The van der Waals surface area contributed by atoms with Crippen molar-refractivity contribution in [3.63, 3.8) is 0 Å². The number of hydrogen-bond donors (Lipinski definition) is 2. The minimum Gasteiger partial charge on any atom is -0.350 e. The first kappa shape index (κ1) is 16.2. The average molecular weight is 329 g/mol. The van der Waals surface area contributed by atoms with Gasteiger partial charge in [-0.15, -0.1) is 0 Å². The summed E-state index contributed by atoms with van der Waals surface area (Å²) in [6.07, 6.45) is 0.545. The van der Waals surface area contributed by atoms with Gasteiger partial charge in [-0.05, 0) is 44.0 Å². The molecule has 24 heavy (non-hydrogen) atoms. The molecule has 0 aliphatic carbocycles. The number of rotatable bonds is 3. The van der Waals surface area contributed by atoms with Gasteiger partial charge in [-0.25, -0.2) is 0 Å². The van der Waals surface area contributed by atoms with Crippen molar-refractivity contribution >= 4 is 23.6 Å². The third-order valence-electron chi connectivity index (χ3n) is 4.21. The monoisotopic (exact) mass is 329 g/mol. The number of piperidine rings is 1. The Morgan fingerprint density at radius 3 is 2.71 bits per heavy atom. The summed E-state index contributed by atoms with van der Waals surface area (Å²) in [4.78, 5) is 49.4. The maximum absolute atomic E-state index is 12.5. The maximum Gasteiger partial charge on any atom is 0.255 e. The maximum atomic E-state index is 12.5. The quantitative estimate of drug-likeness (QED) is 0.793. The van der Waals surface area contributed by atoms with Crippen LogP contribution in [0.3, 0.4) is 0 Å². The van der Waals surface area contributed by atoms with Crippen LogP contribution in [0.15, 0.2) is 18.2 Å². The number of benzene rings is 1. The molecule has 126 valence electrons. The summed E-state index contributed by atoms with van der Waals surface area (Å²) >= 11 is 0. The molecule has 2 heterocycles. The predicted molar refractivity (Wildman–Crippen MR) is 85.1 cm³/mol. The van der Waals surface area contributed by atoms with Crippen molar-refractivity contribution in [3.8, 4) is 0 Å². The Hall–Kier alpha value is -2.70. The summed E-state index contributed by atoms with van der Waals surface area (Å²) < 4.78 is 0. The van der Waals surface area contributed by atoms with Crippen LogP contribution in [0.5, 0.6) is 0 Å². The van der Waals surface area contributed by atoms with Gasteiger partial charge in [0.15, 0.2) is 0 Å². The third-order valence-corrected chi connectivity index (χ3v) is 4.21. The van der Waals surface area contributed by atoms with E-state index in [2.05, 4.69) is 10.6 Å². The molecule has 2 N–H and O–H groups in total. The lowest BCUT2D eigenvalue weighted by molar-refractivity contribution is -0.136. The summed E-state index contributed by atoms with van der Waals surface area (Å²) in [5.41, 5.74) is 1.71. The molecule has 4 amide bonds. The fourth-order valence-corrected chi connectivity index (χ4v) is 3.06. The van der Waals surface area contributed by atoms with Crippen molar-refractivity contribution in [1.82, 2.24) is 15.5 Å². The van der Waals surface area contributed by atoms with E-state index in [0.717, 1.165) is 5.56 Å². The van der Waals surface area contributed by atoms with Gasteiger partial charge in [-0.3, -0.25) is 24.5 Å². The first-order valence-corrected chi connectivity index (χ1v) is 7.95. The Balaban J connectivity index is 1.81. The Morgan fingerprint density at radius 1 is 1.29 bits per heavy atom. The smallest absolute Gasteiger partial charge is 0.255 e. The lowest BCUT2D eigenvalue weighted by Gasteiger charge is -2.29. The van der Waals surface area contributed by atoms with E-state index in [1.54, 1.807) is 18.2 Å². The highest BCUT2D eigenvalue weighted by Gasteiger charge is 2.39. The number of nitrogens with zero attached hydrogens (tertiary/aromatic N) is 1. The summed E-state index contributed by atoms with van der Waals surface area (Å²) in [5, 5.41) is 5.08. The number of fused-ring (bicyclic) bond motifs is 1. The van der Waals surface area contributed by atoms with E-state index < -0.39 is 11.9 Å². The summed E-state index contributed by atoms with van der Waals surface area (Å²) in [5.74, 6) is -1.19. The SMILES string of the molecule is CC(C)NC(=O)c1ccc2c(c1)CN(C1CCC(=O)NC1=O)C2=O. The Kier molecular flexibility index (Phi) is 4.09. The minimum absolute atomic E-state index is 0.0207. The van der Waals surface area contributed by atoms with Crippen LogP contribution in [0.4, 0.5) is 0 Å². The second-order valence-corrected chi connectivity index (χ2v) is 6.40. The van der Waals surface area contributed by atoms with Crippen LogP contribution in [0, 0.1) is 0 Å². The normalized spacial score (nSPS) is 20.2. The Labute approximate surface area is 139 Å². The van der Waals surface area contributed by atoms with Crippen LogP contribution in [-0.2, 0) is 16.1 Å². The van der Waals surface area contributed by atoms with Crippen molar-refractivity contribution in [3.05, 3.63) is 34.9 Å². The molecular weight excluding hydrogens is 310 g/mol. The molecule has 0 spiro atoms. The van der Waals surface area contributed by atoms with Crippen LogP contribution in [0.1, 0.15) is 53.0 Å². The fraction of sp³-hybridized carbons (Fsp3) is 0.412. The van der Waals surface area contributed by atoms with Gasteiger partial charge >= 0.3 is 0 Å². The molecule has 0 aromatic heterocycles. The minimum atomic E-state index is -0.643. The number of carbonyl (C=O) groups is 4. The van der Waals surface area contributed by atoms with Crippen molar-refractivity contribution in [2.75, 3.05) is 0 Å². The molecule has 3 rings (SSSR count). The zero-order chi connectivity index (χ0) is 17.4. The van der Waals surface area contributed by atoms with Gasteiger partial charge in [0.2, 0.25) is 11.8 Å². The fourth-order valence-electron chi connectivity index (χ4n) is 3.06. The van der Waals surface area contributed by atoms with E-state index >= 15 is 0 Å². The number of carbonyl (C=O) groups excluding carboxylic acids is 4. The highest BCUT2D eigenvalue weighted by atomic mass is 16.2. The molecule has 1 aromatic carbocycles. The number of hydrogen-bond acceptors (Lipinski definition) is 4. The van der Waals surface area contributed by atoms with Gasteiger partial charge < -0.3 is 10.2 Å². The highest BCUT2D eigenvalue weighted by Crippen LogP contribution is 2.28. The van der Waals surface area contributed by atoms with Crippen LogP contribution in [0.25, 0.3) is 0 Å². The van der Waals surface area contributed by atoms with Gasteiger partial charge in [0.25, 0.3) is 11.8 Å². The number of nitrogens with one attached hydrogen (secondary N) is 2. The van der Waals surface area contributed by atoms with Gasteiger partial charge in [0, 0.05) is 30.1 Å². The summed E-state index contributed by atoms with van der Waals surface area (Å²) in [7, 11) is 0. The van der Waals surface area contributed by atoms with Crippen molar-refractivity contribution in [2.45, 2.75) is 45.3 Å². The Bertz CT molecular complexity index is 741. The van der Waals surface area contributed by atoms with Gasteiger partial charge in [0.1, 0.15) is 6.04 Å². The second-order valence-electron chi connectivity index (χ2n) is 6.40. The zero-order valence-corrected chi connectivity index (χ0v) is 13.6. The molecule has 0 radical (unpaired) electrons. The van der Waals surface area contributed by atoms with Gasteiger partial charge in [-0.1, -0.05) is 0 Å². The van der Waals surface area contributed by atoms with Crippen LogP contribution < -0.4 is 10.6 Å². The molecule has 7 nitrogen and oxygen atoms in total. The van der Waals surface area contributed by atoms with Gasteiger partial charge in [-0.2, -0.15) is 0 Å². The molecule has 0 saturated carbocycles. The standard InChI is InChI=1S/C17H19N3O4/c1-9(2)18-15(22)10-3-4-12-11(7-10)8-20(17(12)24)13-5-6-14(21)19-16(13)23/h3-4,7,9,13H,5-6,8H2,1-2H3,(H,18,22)(H,19,21,23). The van der Waals surface area contributed by atoms with E-state index in [9.17, 15) is 19.2 Å².